The number of pyridine rings is 1. The summed E-state index contributed by atoms with van der Waals surface area (Å²) in [7, 11) is 0. The highest BCUT2D eigenvalue weighted by Gasteiger charge is 2.12. The minimum atomic E-state index is -0.626. The summed E-state index contributed by atoms with van der Waals surface area (Å²) in [5.41, 5.74) is 6.34. The van der Waals surface area contributed by atoms with Crippen molar-refractivity contribution in [2.24, 2.45) is 0 Å². The maximum Gasteiger partial charge on any atom is 0.151 e. The van der Waals surface area contributed by atoms with Gasteiger partial charge in [-0.25, -0.2) is 4.39 Å². The molecule has 0 aliphatic rings. The predicted molar refractivity (Wildman–Crippen MR) is 77.3 cm³/mol. The second-order valence-corrected chi connectivity index (χ2v) is 4.40. The molecule has 0 bridgehead atoms. The minimum Gasteiger partial charge on any atom is -0.454 e. The first-order valence-corrected chi connectivity index (χ1v) is 6.19. The number of ether oxygens (including phenoxy) is 1. The van der Waals surface area contributed by atoms with Crippen molar-refractivity contribution in [1.82, 2.24) is 4.98 Å². The Morgan fingerprint density at radius 3 is 2.81 bits per heavy atom. The van der Waals surface area contributed by atoms with Crippen molar-refractivity contribution in [3.8, 4) is 17.6 Å². The van der Waals surface area contributed by atoms with E-state index in [0.29, 0.717) is 11.4 Å². The molecule has 21 heavy (non-hydrogen) atoms. The van der Waals surface area contributed by atoms with Crippen LogP contribution < -0.4 is 10.5 Å². The van der Waals surface area contributed by atoms with Gasteiger partial charge in [-0.05, 0) is 30.3 Å². The second-order valence-electron chi connectivity index (χ2n) is 4.40. The second kappa shape index (κ2) is 5.10. The molecule has 0 amide bonds. The molecule has 0 saturated heterocycles. The van der Waals surface area contributed by atoms with Crippen LogP contribution in [0.1, 0.15) is 5.56 Å². The van der Waals surface area contributed by atoms with Crippen LogP contribution in [0.2, 0.25) is 0 Å². The summed E-state index contributed by atoms with van der Waals surface area (Å²) in [4.78, 5) is 4.02. The van der Waals surface area contributed by atoms with Crippen LogP contribution in [0.15, 0.2) is 48.8 Å². The third-order valence-electron chi connectivity index (χ3n) is 3.13. The number of nitrogens with zero attached hydrogens (tertiary/aromatic N) is 2. The molecule has 5 heteroatoms. The van der Waals surface area contributed by atoms with Crippen LogP contribution in [-0.4, -0.2) is 4.98 Å². The Balaban J connectivity index is 2.09. The molecule has 1 aromatic heterocycles. The van der Waals surface area contributed by atoms with Crippen LogP contribution >= 0.6 is 0 Å². The van der Waals surface area contributed by atoms with Gasteiger partial charge >= 0.3 is 0 Å². The fraction of sp³-hybridized carbons (Fsp3) is 0. The first-order valence-electron chi connectivity index (χ1n) is 6.19. The lowest BCUT2D eigenvalue weighted by molar-refractivity contribution is 0.477. The van der Waals surface area contributed by atoms with Crippen molar-refractivity contribution in [3.05, 3.63) is 60.2 Å². The van der Waals surface area contributed by atoms with E-state index in [1.54, 1.807) is 36.7 Å². The predicted octanol–water partition coefficient (Wildman–Crippen LogP) is 3.62. The summed E-state index contributed by atoms with van der Waals surface area (Å²) in [6.45, 7) is 0. The zero-order valence-electron chi connectivity index (χ0n) is 10.9. The molecule has 0 radical (unpaired) electrons. The maximum atomic E-state index is 13.6. The van der Waals surface area contributed by atoms with Gasteiger partial charge in [-0.3, -0.25) is 4.98 Å². The molecule has 102 valence electrons. The van der Waals surface area contributed by atoms with Crippen LogP contribution in [0.3, 0.4) is 0 Å². The molecule has 3 rings (SSSR count). The largest absolute Gasteiger partial charge is 0.454 e. The summed E-state index contributed by atoms with van der Waals surface area (Å²) in [6.07, 6.45) is 3.32. The van der Waals surface area contributed by atoms with Gasteiger partial charge in [0, 0.05) is 23.2 Å². The molecule has 2 N–H and O–H groups in total. The van der Waals surface area contributed by atoms with Gasteiger partial charge in [0.05, 0.1) is 5.69 Å². The molecule has 3 aromatic rings. The molecule has 0 aliphatic carbocycles. The van der Waals surface area contributed by atoms with Crippen molar-refractivity contribution in [3.63, 3.8) is 0 Å². The number of halogens is 1. The van der Waals surface area contributed by atoms with E-state index in [9.17, 15) is 4.39 Å². The monoisotopic (exact) mass is 279 g/mol. The van der Waals surface area contributed by atoms with E-state index in [1.165, 1.54) is 18.2 Å². The van der Waals surface area contributed by atoms with E-state index in [2.05, 4.69) is 4.98 Å². The Labute approximate surface area is 120 Å². The lowest BCUT2D eigenvalue weighted by atomic mass is 10.1. The highest BCUT2D eigenvalue weighted by molar-refractivity contribution is 5.95. The van der Waals surface area contributed by atoms with E-state index < -0.39 is 5.82 Å². The Bertz CT molecular complexity index is 871. The summed E-state index contributed by atoms with van der Waals surface area (Å²) in [6, 6.07) is 11.3. The lowest BCUT2D eigenvalue weighted by Crippen LogP contribution is -1.96. The minimum absolute atomic E-state index is 0.137. The molecule has 0 spiro atoms. The fourth-order valence-electron chi connectivity index (χ4n) is 2.08. The average Bonchev–Trinajstić information content (AvgIpc) is 2.50. The van der Waals surface area contributed by atoms with Crippen LogP contribution in [0.5, 0.6) is 11.5 Å². The Kier molecular flexibility index (Phi) is 3.13. The van der Waals surface area contributed by atoms with Crippen LogP contribution in [0.25, 0.3) is 10.8 Å². The smallest absolute Gasteiger partial charge is 0.151 e. The van der Waals surface area contributed by atoms with Gasteiger partial charge in [-0.2, -0.15) is 5.26 Å². The van der Waals surface area contributed by atoms with Crippen LogP contribution in [0.4, 0.5) is 10.1 Å². The zero-order valence-corrected chi connectivity index (χ0v) is 10.9. The van der Waals surface area contributed by atoms with E-state index in [-0.39, 0.29) is 11.3 Å². The topological polar surface area (TPSA) is 71.9 Å². The highest BCUT2D eigenvalue weighted by atomic mass is 19.1. The standard InChI is InChI=1S/C16H10FN3O/c17-13-2-1-3-14(12(13)8-18)21-15-5-4-10-9-20-7-6-11(10)16(15)19/h1-7,9H,19H2. The van der Waals surface area contributed by atoms with E-state index in [4.69, 9.17) is 15.7 Å². The van der Waals surface area contributed by atoms with E-state index in [0.717, 1.165) is 10.8 Å². The molecule has 0 atom stereocenters. The normalized spacial score (nSPS) is 10.3. The number of hydrogen-bond acceptors (Lipinski definition) is 4. The number of nitrogens with two attached hydrogens (primary N) is 1. The number of hydrogen-bond donors (Lipinski definition) is 1. The van der Waals surface area contributed by atoms with Crippen molar-refractivity contribution in [2.45, 2.75) is 0 Å². The van der Waals surface area contributed by atoms with Crippen molar-refractivity contribution >= 4 is 16.5 Å². The molecule has 1 heterocycles. The van der Waals surface area contributed by atoms with Crippen LogP contribution in [-0.2, 0) is 0 Å². The van der Waals surface area contributed by atoms with Gasteiger partial charge in [0.25, 0.3) is 0 Å². The number of rotatable bonds is 2. The number of nitrogen functional groups attached to an aromatic ring is 1. The van der Waals surface area contributed by atoms with Crippen molar-refractivity contribution in [2.75, 3.05) is 5.73 Å². The number of anilines is 1. The van der Waals surface area contributed by atoms with E-state index in [1.807, 2.05) is 0 Å². The summed E-state index contributed by atoms with van der Waals surface area (Å²) in [5.74, 6) is -0.119. The third-order valence-corrected chi connectivity index (χ3v) is 3.13. The van der Waals surface area contributed by atoms with Crippen molar-refractivity contribution in [1.29, 1.82) is 5.26 Å². The summed E-state index contributed by atoms with van der Waals surface area (Å²) < 4.78 is 19.2. The number of benzene rings is 2. The number of nitriles is 1. The van der Waals surface area contributed by atoms with Gasteiger partial charge in [0.1, 0.15) is 23.2 Å². The van der Waals surface area contributed by atoms with Gasteiger partial charge in [0.15, 0.2) is 5.75 Å². The molecular formula is C16H10FN3O. The first kappa shape index (κ1) is 12.9. The molecule has 0 saturated carbocycles. The van der Waals surface area contributed by atoms with Gasteiger partial charge in [-0.15, -0.1) is 0 Å². The Morgan fingerprint density at radius 1 is 1.14 bits per heavy atom. The zero-order chi connectivity index (χ0) is 14.8. The Hall–Kier alpha value is -3.13. The molecule has 2 aromatic carbocycles. The Morgan fingerprint density at radius 2 is 2.00 bits per heavy atom. The summed E-state index contributed by atoms with van der Waals surface area (Å²) in [5, 5.41) is 10.7. The molecular weight excluding hydrogens is 269 g/mol. The summed E-state index contributed by atoms with van der Waals surface area (Å²) >= 11 is 0. The van der Waals surface area contributed by atoms with Gasteiger partial charge < -0.3 is 10.5 Å². The molecule has 0 aliphatic heterocycles. The molecule has 0 unspecified atom stereocenters. The van der Waals surface area contributed by atoms with Crippen LogP contribution in [0, 0.1) is 17.1 Å². The number of fused-ring (bicyclic) bond motifs is 1. The quantitative estimate of drug-likeness (QED) is 0.727. The number of aromatic nitrogens is 1. The first-order chi connectivity index (χ1) is 10.2. The molecule has 0 fully saturated rings. The van der Waals surface area contributed by atoms with Gasteiger partial charge in [0.2, 0.25) is 0 Å². The SMILES string of the molecule is N#Cc1c(F)cccc1Oc1ccc2cnccc2c1N. The van der Waals surface area contributed by atoms with E-state index >= 15 is 0 Å². The molecule has 4 nitrogen and oxygen atoms in total. The lowest BCUT2D eigenvalue weighted by Gasteiger charge is -2.11. The highest BCUT2D eigenvalue weighted by Crippen LogP contribution is 2.34. The van der Waals surface area contributed by atoms with Gasteiger partial charge in [-0.1, -0.05) is 6.07 Å². The maximum absolute atomic E-state index is 13.6. The average molecular weight is 279 g/mol. The van der Waals surface area contributed by atoms with Crippen molar-refractivity contribution < 1.29 is 9.13 Å². The third kappa shape index (κ3) is 2.23. The fourth-order valence-corrected chi connectivity index (χ4v) is 2.08.